The van der Waals surface area contributed by atoms with E-state index in [1.54, 1.807) is 0 Å². The Hall–Kier alpha value is -0.160. The van der Waals surface area contributed by atoms with Gasteiger partial charge in [0.15, 0.2) is 0 Å². The minimum atomic E-state index is -0.349. The second-order valence-electron chi connectivity index (χ2n) is 5.72. The van der Waals surface area contributed by atoms with Crippen LogP contribution in [-0.2, 0) is 4.74 Å². The van der Waals surface area contributed by atoms with Crippen LogP contribution in [0.3, 0.4) is 0 Å². The molecule has 2 aliphatic rings. The van der Waals surface area contributed by atoms with Gasteiger partial charge < -0.3 is 15.2 Å². The molecule has 0 radical (unpaired) electrons. The molecule has 0 bridgehead atoms. The predicted octanol–water partition coefficient (Wildman–Crippen LogP) is 0.456. The van der Waals surface area contributed by atoms with Gasteiger partial charge in [-0.05, 0) is 39.2 Å². The van der Waals surface area contributed by atoms with Crippen molar-refractivity contribution in [1.82, 2.24) is 10.2 Å². The van der Waals surface area contributed by atoms with E-state index < -0.39 is 0 Å². The fraction of sp³-hybridized carbons (Fsp3) is 1.00. The van der Waals surface area contributed by atoms with Crippen LogP contribution in [0, 0.1) is 5.92 Å². The molecule has 4 heteroatoms. The van der Waals surface area contributed by atoms with Crippen molar-refractivity contribution in [2.45, 2.75) is 44.9 Å². The smallest absolute Gasteiger partial charge is 0.0900 e. The molecule has 0 saturated carbocycles. The quantitative estimate of drug-likeness (QED) is 0.735. The molecular formula is C13H26N2O2. The van der Waals surface area contributed by atoms with E-state index in [0.717, 1.165) is 32.1 Å². The van der Waals surface area contributed by atoms with Gasteiger partial charge in [-0.3, -0.25) is 4.90 Å². The number of aliphatic hydroxyl groups excluding tert-OH is 1. The fourth-order valence-corrected chi connectivity index (χ4v) is 2.94. The van der Waals surface area contributed by atoms with Gasteiger partial charge in [0.05, 0.1) is 18.8 Å². The van der Waals surface area contributed by atoms with Crippen LogP contribution in [0.15, 0.2) is 0 Å². The van der Waals surface area contributed by atoms with E-state index in [0.29, 0.717) is 12.6 Å². The van der Waals surface area contributed by atoms with Gasteiger partial charge in [0.2, 0.25) is 0 Å². The van der Waals surface area contributed by atoms with Gasteiger partial charge in [0.25, 0.3) is 0 Å². The molecule has 2 heterocycles. The first kappa shape index (κ1) is 13.3. The monoisotopic (exact) mass is 242 g/mol. The summed E-state index contributed by atoms with van der Waals surface area (Å²) >= 11 is 0. The van der Waals surface area contributed by atoms with Crippen LogP contribution in [-0.4, -0.2) is 61.0 Å². The molecule has 0 amide bonds. The molecule has 100 valence electrons. The second kappa shape index (κ2) is 6.14. The largest absolute Gasteiger partial charge is 0.389 e. The van der Waals surface area contributed by atoms with E-state index in [1.807, 2.05) is 13.8 Å². The molecule has 2 fully saturated rings. The zero-order chi connectivity index (χ0) is 12.3. The molecule has 4 nitrogen and oxygen atoms in total. The molecular weight excluding hydrogens is 216 g/mol. The Morgan fingerprint density at radius 1 is 1.41 bits per heavy atom. The maximum Gasteiger partial charge on any atom is 0.0900 e. The van der Waals surface area contributed by atoms with Gasteiger partial charge in [0, 0.05) is 25.7 Å². The number of piperidine rings is 1. The van der Waals surface area contributed by atoms with E-state index in [9.17, 15) is 5.11 Å². The van der Waals surface area contributed by atoms with E-state index in [4.69, 9.17) is 4.74 Å². The van der Waals surface area contributed by atoms with E-state index >= 15 is 0 Å². The summed E-state index contributed by atoms with van der Waals surface area (Å²) in [6, 6.07) is 0.655. The second-order valence-corrected chi connectivity index (χ2v) is 5.72. The van der Waals surface area contributed by atoms with Gasteiger partial charge in [-0.15, -0.1) is 0 Å². The number of nitrogens with one attached hydrogen (secondary N) is 1. The van der Waals surface area contributed by atoms with Crippen molar-refractivity contribution in [1.29, 1.82) is 0 Å². The van der Waals surface area contributed by atoms with E-state index in [1.165, 1.54) is 12.8 Å². The molecule has 0 aliphatic carbocycles. The topological polar surface area (TPSA) is 44.7 Å². The van der Waals surface area contributed by atoms with Gasteiger partial charge in [-0.1, -0.05) is 0 Å². The number of hydrogen-bond acceptors (Lipinski definition) is 4. The summed E-state index contributed by atoms with van der Waals surface area (Å²) in [5, 5.41) is 13.5. The van der Waals surface area contributed by atoms with Crippen molar-refractivity contribution in [3.8, 4) is 0 Å². The Kier molecular flexibility index (Phi) is 4.79. The zero-order valence-electron chi connectivity index (χ0n) is 11.1. The minimum Gasteiger partial charge on any atom is -0.389 e. The van der Waals surface area contributed by atoms with Gasteiger partial charge in [0.1, 0.15) is 0 Å². The van der Waals surface area contributed by atoms with Crippen molar-refractivity contribution >= 4 is 0 Å². The molecule has 2 saturated heterocycles. The average molecular weight is 242 g/mol. The third kappa shape index (κ3) is 3.91. The van der Waals surface area contributed by atoms with Crippen molar-refractivity contribution in [2.24, 2.45) is 5.92 Å². The van der Waals surface area contributed by atoms with Crippen molar-refractivity contribution < 1.29 is 9.84 Å². The number of nitrogens with zero attached hydrogens (tertiary/aromatic N) is 1. The third-order valence-corrected chi connectivity index (χ3v) is 3.77. The molecule has 2 aliphatic heterocycles. The van der Waals surface area contributed by atoms with Crippen molar-refractivity contribution in [3.63, 3.8) is 0 Å². The Labute approximate surface area is 104 Å². The lowest BCUT2D eigenvalue weighted by atomic mass is 9.94. The summed E-state index contributed by atoms with van der Waals surface area (Å²) in [4.78, 5) is 2.38. The van der Waals surface area contributed by atoms with Gasteiger partial charge >= 0.3 is 0 Å². The lowest BCUT2D eigenvalue weighted by Crippen LogP contribution is -2.41. The van der Waals surface area contributed by atoms with Crippen LogP contribution in [0.25, 0.3) is 0 Å². The number of rotatable bonds is 5. The lowest BCUT2D eigenvalue weighted by molar-refractivity contribution is -0.00628. The molecule has 0 aromatic rings. The van der Waals surface area contributed by atoms with Gasteiger partial charge in [-0.2, -0.15) is 0 Å². The minimum absolute atomic E-state index is 0.201. The van der Waals surface area contributed by atoms with Crippen molar-refractivity contribution in [2.75, 3.05) is 32.8 Å². The first-order valence-corrected chi connectivity index (χ1v) is 6.90. The summed E-state index contributed by atoms with van der Waals surface area (Å²) in [5.74, 6) is 0.793. The number of likely N-dealkylation sites (tertiary alicyclic amines) is 1. The molecule has 0 aromatic carbocycles. The molecule has 17 heavy (non-hydrogen) atoms. The average Bonchev–Trinajstić information content (AvgIpc) is 2.68. The Morgan fingerprint density at radius 2 is 2.24 bits per heavy atom. The lowest BCUT2D eigenvalue weighted by Gasteiger charge is -2.24. The highest BCUT2D eigenvalue weighted by Crippen LogP contribution is 2.24. The summed E-state index contributed by atoms with van der Waals surface area (Å²) in [6.07, 6.45) is 2.49. The highest BCUT2D eigenvalue weighted by atomic mass is 16.5. The third-order valence-electron chi connectivity index (χ3n) is 3.77. The van der Waals surface area contributed by atoms with Crippen LogP contribution in [0.2, 0.25) is 0 Å². The number of β-amino-alcohol motifs (C(OH)–C–C–N with tert-alkyl or cyclic N) is 1. The predicted molar refractivity (Wildman–Crippen MR) is 68.0 cm³/mol. The Bertz CT molecular complexity index is 221. The maximum atomic E-state index is 9.90. The zero-order valence-corrected chi connectivity index (χ0v) is 11.1. The molecule has 3 atom stereocenters. The van der Waals surface area contributed by atoms with Crippen LogP contribution in [0.5, 0.6) is 0 Å². The first-order chi connectivity index (χ1) is 8.15. The van der Waals surface area contributed by atoms with Crippen LogP contribution >= 0.6 is 0 Å². The molecule has 0 aromatic heterocycles. The summed E-state index contributed by atoms with van der Waals surface area (Å²) < 4.78 is 5.44. The standard InChI is InChI=1S/C13H26N2O2/c1-10(2)17-9-12(16)7-15-6-11-4-3-5-14-13(11)8-15/h10-14,16H,3-9H2,1-2H3/t11-,12?,13+/m0/s1. The van der Waals surface area contributed by atoms with Crippen LogP contribution in [0.4, 0.5) is 0 Å². The number of aliphatic hydroxyl groups is 1. The molecule has 2 N–H and O–H groups in total. The fourth-order valence-electron chi connectivity index (χ4n) is 2.94. The van der Waals surface area contributed by atoms with E-state index in [2.05, 4.69) is 10.2 Å². The summed E-state index contributed by atoms with van der Waals surface area (Å²) in [6.45, 7) is 8.59. The number of ether oxygens (including phenoxy) is 1. The Morgan fingerprint density at radius 3 is 2.94 bits per heavy atom. The highest BCUT2D eigenvalue weighted by molar-refractivity contribution is 4.92. The molecule has 0 spiro atoms. The molecule has 2 rings (SSSR count). The number of hydrogen-bond donors (Lipinski definition) is 2. The van der Waals surface area contributed by atoms with Crippen molar-refractivity contribution in [3.05, 3.63) is 0 Å². The Balaban J connectivity index is 1.69. The highest BCUT2D eigenvalue weighted by Gasteiger charge is 2.34. The summed E-state index contributed by atoms with van der Waals surface area (Å²) in [5.41, 5.74) is 0. The summed E-state index contributed by atoms with van der Waals surface area (Å²) in [7, 11) is 0. The van der Waals surface area contributed by atoms with E-state index in [-0.39, 0.29) is 12.2 Å². The van der Waals surface area contributed by atoms with Crippen LogP contribution < -0.4 is 5.32 Å². The SMILES string of the molecule is CC(C)OCC(O)CN1C[C@@H]2CCCN[C@@H]2C1. The normalized spacial score (nSPS) is 31.8. The molecule has 1 unspecified atom stereocenters. The maximum absolute atomic E-state index is 9.90. The first-order valence-electron chi connectivity index (χ1n) is 6.90. The van der Waals surface area contributed by atoms with Gasteiger partial charge in [-0.25, -0.2) is 0 Å². The van der Waals surface area contributed by atoms with Crippen LogP contribution in [0.1, 0.15) is 26.7 Å². The number of fused-ring (bicyclic) bond motifs is 1.